The van der Waals surface area contributed by atoms with E-state index in [0.29, 0.717) is 0 Å². The molecule has 12 heavy (non-hydrogen) atoms. The molecule has 0 saturated heterocycles. The summed E-state index contributed by atoms with van der Waals surface area (Å²) < 4.78 is 0. The molecule has 0 aromatic rings. The van der Waals surface area contributed by atoms with Gasteiger partial charge >= 0.3 is 0 Å². The Balaban J connectivity index is 2.17. The van der Waals surface area contributed by atoms with Crippen LogP contribution in [0.5, 0.6) is 0 Å². The van der Waals surface area contributed by atoms with Gasteiger partial charge in [-0.05, 0) is 38.5 Å². The van der Waals surface area contributed by atoms with Gasteiger partial charge in [0.05, 0.1) is 0 Å². The zero-order valence-corrected chi connectivity index (χ0v) is 8.18. The number of rotatable bonds is 4. The molecule has 0 nitrogen and oxygen atoms in total. The summed E-state index contributed by atoms with van der Waals surface area (Å²) in [6.07, 6.45) is 16.3. The van der Waals surface area contributed by atoms with Crippen LogP contribution in [-0.2, 0) is 0 Å². The Morgan fingerprint density at radius 1 is 1.33 bits per heavy atom. The van der Waals surface area contributed by atoms with Gasteiger partial charge in [0, 0.05) is 0 Å². The van der Waals surface area contributed by atoms with Gasteiger partial charge in [0.15, 0.2) is 0 Å². The summed E-state index contributed by atoms with van der Waals surface area (Å²) in [5, 5.41) is 0. The maximum Gasteiger partial charge on any atom is -0.0139 e. The van der Waals surface area contributed by atoms with Crippen LogP contribution >= 0.6 is 0 Å². The van der Waals surface area contributed by atoms with Crippen molar-refractivity contribution in [2.24, 2.45) is 0 Å². The fraction of sp³-hybridized carbons (Fsp3) is 0.667. The number of hydrogen-bond acceptors (Lipinski definition) is 0. The van der Waals surface area contributed by atoms with Crippen molar-refractivity contribution in [2.45, 2.75) is 51.9 Å². The fourth-order valence-electron chi connectivity index (χ4n) is 1.61. The second kappa shape index (κ2) is 6.05. The monoisotopic (exact) mass is 164 g/mol. The maximum absolute atomic E-state index is 2.43. The summed E-state index contributed by atoms with van der Waals surface area (Å²) in [5.74, 6) is 0. The predicted octanol–water partition coefficient (Wildman–Crippen LogP) is 4.23. The summed E-state index contributed by atoms with van der Waals surface area (Å²) in [6, 6.07) is 0. The van der Waals surface area contributed by atoms with Crippen LogP contribution in [0.1, 0.15) is 51.9 Å². The second-order valence-electron chi connectivity index (χ2n) is 3.57. The highest BCUT2D eigenvalue weighted by Gasteiger charge is 2.00. The van der Waals surface area contributed by atoms with Gasteiger partial charge in [-0.3, -0.25) is 0 Å². The van der Waals surface area contributed by atoms with Crippen LogP contribution in [0, 0.1) is 0 Å². The Hall–Kier alpha value is -0.520. The van der Waals surface area contributed by atoms with Crippen molar-refractivity contribution in [3.63, 3.8) is 0 Å². The highest BCUT2D eigenvalue weighted by Crippen LogP contribution is 2.20. The Labute approximate surface area is 76.4 Å². The third-order valence-corrected chi connectivity index (χ3v) is 2.39. The molecule has 0 unspecified atom stereocenters. The van der Waals surface area contributed by atoms with Gasteiger partial charge in [0.25, 0.3) is 0 Å². The average molecular weight is 164 g/mol. The smallest absolute Gasteiger partial charge is 0.0139 e. The molecule has 0 aromatic heterocycles. The van der Waals surface area contributed by atoms with Crippen molar-refractivity contribution in [1.29, 1.82) is 0 Å². The van der Waals surface area contributed by atoms with Gasteiger partial charge in [-0.25, -0.2) is 0 Å². The normalized spacial score (nSPS) is 18.2. The van der Waals surface area contributed by atoms with Crippen LogP contribution in [0.3, 0.4) is 0 Å². The quantitative estimate of drug-likeness (QED) is 0.545. The van der Waals surface area contributed by atoms with E-state index >= 15 is 0 Å². The summed E-state index contributed by atoms with van der Waals surface area (Å²) in [5.41, 5.74) is 1.66. The van der Waals surface area contributed by atoms with Crippen LogP contribution in [0.4, 0.5) is 0 Å². The molecule has 0 atom stereocenters. The number of hydrogen-bond donors (Lipinski definition) is 0. The topological polar surface area (TPSA) is 0 Å². The summed E-state index contributed by atoms with van der Waals surface area (Å²) >= 11 is 0. The minimum absolute atomic E-state index is 1.21. The molecule has 0 fully saturated rings. The lowest BCUT2D eigenvalue weighted by molar-refractivity contribution is 0.691. The molecule has 1 aliphatic rings. The summed E-state index contributed by atoms with van der Waals surface area (Å²) in [4.78, 5) is 0. The molecule has 0 heteroatoms. The van der Waals surface area contributed by atoms with E-state index < -0.39 is 0 Å². The Morgan fingerprint density at radius 2 is 2.25 bits per heavy atom. The molecule has 0 radical (unpaired) electrons. The molecule has 0 amide bonds. The molecule has 0 N–H and O–H groups in total. The van der Waals surface area contributed by atoms with Crippen LogP contribution in [0.2, 0.25) is 0 Å². The molecule has 1 rings (SSSR count). The van der Waals surface area contributed by atoms with E-state index in [4.69, 9.17) is 0 Å². The minimum Gasteiger partial charge on any atom is -0.0882 e. The maximum atomic E-state index is 2.43. The van der Waals surface area contributed by atoms with Crippen LogP contribution < -0.4 is 0 Å². The molecular formula is C12H20. The van der Waals surface area contributed by atoms with Crippen molar-refractivity contribution < 1.29 is 0 Å². The molecule has 1 aliphatic carbocycles. The molecular weight excluding hydrogens is 144 g/mol. The van der Waals surface area contributed by atoms with E-state index in [1.807, 2.05) is 0 Å². The Morgan fingerprint density at radius 3 is 2.92 bits per heavy atom. The highest BCUT2D eigenvalue weighted by molar-refractivity contribution is 5.09. The molecule has 0 saturated carbocycles. The van der Waals surface area contributed by atoms with Gasteiger partial charge in [-0.1, -0.05) is 37.1 Å². The van der Waals surface area contributed by atoms with Gasteiger partial charge in [0.1, 0.15) is 0 Å². The average Bonchev–Trinajstić information content (AvgIpc) is 2.14. The molecule has 68 valence electrons. The molecule has 0 spiro atoms. The SMILES string of the molecule is CCCC=CCC1=CCCCC1. The first-order valence-corrected chi connectivity index (χ1v) is 5.26. The lowest BCUT2D eigenvalue weighted by atomic mass is 9.97. The molecule has 0 aliphatic heterocycles. The first kappa shape index (κ1) is 9.57. The van der Waals surface area contributed by atoms with Crippen LogP contribution in [0.25, 0.3) is 0 Å². The second-order valence-corrected chi connectivity index (χ2v) is 3.57. The predicted molar refractivity (Wildman–Crippen MR) is 55.2 cm³/mol. The Kier molecular flexibility index (Phi) is 4.82. The van der Waals surface area contributed by atoms with Crippen LogP contribution in [0.15, 0.2) is 23.8 Å². The molecule has 0 aromatic carbocycles. The van der Waals surface area contributed by atoms with E-state index in [1.165, 1.54) is 44.9 Å². The first-order chi connectivity index (χ1) is 5.93. The third kappa shape index (κ3) is 3.75. The number of allylic oxidation sites excluding steroid dienone is 4. The van der Waals surface area contributed by atoms with E-state index in [1.54, 1.807) is 5.57 Å². The fourth-order valence-corrected chi connectivity index (χ4v) is 1.61. The first-order valence-electron chi connectivity index (χ1n) is 5.26. The lowest BCUT2D eigenvalue weighted by Gasteiger charge is -2.09. The third-order valence-electron chi connectivity index (χ3n) is 2.39. The van der Waals surface area contributed by atoms with Crippen molar-refractivity contribution in [3.05, 3.63) is 23.8 Å². The minimum atomic E-state index is 1.21. The zero-order valence-electron chi connectivity index (χ0n) is 8.18. The van der Waals surface area contributed by atoms with E-state index in [9.17, 15) is 0 Å². The zero-order chi connectivity index (χ0) is 8.65. The lowest BCUT2D eigenvalue weighted by Crippen LogP contribution is -1.89. The Bertz CT molecular complexity index is 163. The van der Waals surface area contributed by atoms with Gasteiger partial charge in [-0.15, -0.1) is 0 Å². The largest absolute Gasteiger partial charge is 0.0882 e. The van der Waals surface area contributed by atoms with E-state index in [0.717, 1.165) is 0 Å². The van der Waals surface area contributed by atoms with Crippen molar-refractivity contribution in [2.75, 3.05) is 0 Å². The van der Waals surface area contributed by atoms with Crippen molar-refractivity contribution in [3.8, 4) is 0 Å². The van der Waals surface area contributed by atoms with E-state index in [2.05, 4.69) is 25.2 Å². The summed E-state index contributed by atoms with van der Waals surface area (Å²) in [7, 11) is 0. The van der Waals surface area contributed by atoms with Gasteiger partial charge in [0.2, 0.25) is 0 Å². The van der Waals surface area contributed by atoms with Gasteiger partial charge in [-0.2, -0.15) is 0 Å². The molecule has 0 heterocycles. The van der Waals surface area contributed by atoms with E-state index in [-0.39, 0.29) is 0 Å². The molecule has 0 bridgehead atoms. The van der Waals surface area contributed by atoms with Crippen LogP contribution in [-0.4, -0.2) is 0 Å². The highest BCUT2D eigenvalue weighted by atomic mass is 14.1. The van der Waals surface area contributed by atoms with Crippen molar-refractivity contribution in [1.82, 2.24) is 0 Å². The summed E-state index contributed by atoms with van der Waals surface area (Å²) in [6.45, 7) is 2.23. The standard InChI is InChI=1S/C12H20/c1-2-3-4-6-9-12-10-7-5-8-11-12/h4,6,10H,2-3,5,7-9,11H2,1H3. The number of unbranched alkanes of at least 4 members (excludes halogenated alkanes) is 1. The van der Waals surface area contributed by atoms with Crippen molar-refractivity contribution >= 4 is 0 Å². The van der Waals surface area contributed by atoms with Gasteiger partial charge < -0.3 is 0 Å².